The van der Waals surface area contributed by atoms with Crippen LogP contribution in [0.1, 0.15) is 22.9 Å². The third kappa shape index (κ3) is 5.36. The van der Waals surface area contributed by atoms with Gasteiger partial charge in [-0.25, -0.2) is 18.4 Å². The van der Waals surface area contributed by atoms with Gasteiger partial charge < -0.3 is 25.2 Å². The van der Waals surface area contributed by atoms with Crippen molar-refractivity contribution >= 4 is 55.7 Å². The topological polar surface area (TPSA) is 99.7 Å². The Morgan fingerprint density at radius 2 is 2.05 bits per heavy atom. The summed E-state index contributed by atoms with van der Waals surface area (Å²) in [5.41, 5.74) is 1.22. The zero-order valence-electron chi connectivity index (χ0n) is 22.9. The zero-order chi connectivity index (χ0) is 29.8. The van der Waals surface area contributed by atoms with Gasteiger partial charge in [-0.1, -0.05) is 19.1 Å². The van der Waals surface area contributed by atoms with E-state index in [1.807, 2.05) is 19.1 Å². The number of hydrogen-bond donors (Lipinski definition) is 2. The predicted molar refractivity (Wildman–Crippen MR) is 160 cm³/mol. The molecule has 3 aromatic rings. The highest BCUT2D eigenvalue weighted by Gasteiger charge is 2.38. The molecule has 0 radical (unpaired) electrons. The normalized spacial score (nSPS) is 22.1. The van der Waals surface area contributed by atoms with E-state index in [2.05, 4.69) is 31.6 Å². The second-order valence-electron chi connectivity index (χ2n) is 10.5. The number of alkyl halides is 3. The van der Waals surface area contributed by atoms with Gasteiger partial charge in [0.1, 0.15) is 10.6 Å². The maximum Gasteiger partial charge on any atom is 0.420 e. The van der Waals surface area contributed by atoms with Crippen LogP contribution in [0.25, 0.3) is 10.6 Å². The summed E-state index contributed by atoms with van der Waals surface area (Å²) >= 11 is 6.35. The van der Waals surface area contributed by atoms with E-state index in [0.717, 1.165) is 41.9 Å². The maximum absolute atomic E-state index is 14.1. The number of rotatable bonds is 5. The molecule has 2 aromatic heterocycles. The van der Waals surface area contributed by atoms with Crippen molar-refractivity contribution in [1.29, 1.82) is 0 Å². The molecule has 2 N–H and O–H groups in total. The Morgan fingerprint density at radius 1 is 1.24 bits per heavy atom. The van der Waals surface area contributed by atoms with Crippen LogP contribution in [0.3, 0.4) is 0 Å². The number of sulfone groups is 1. The number of benzene rings is 1. The van der Waals surface area contributed by atoms with Crippen LogP contribution in [0, 0.1) is 0 Å². The summed E-state index contributed by atoms with van der Waals surface area (Å²) in [6, 6.07) is 7.70. The molecule has 5 heterocycles. The Balaban J connectivity index is 1.36. The molecule has 0 saturated carbocycles. The largest absolute Gasteiger partial charge is 0.420 e. The van der Waals surface area contributed by atoms with Crippen molar-refractivity contribution < 1.29 is 26.3 Å². The van der Waals surface area contributed by atoms with Gasteiger partial charge in [-0.3, -0.25) is 0 Å². The summed E-state index contributed by atoms with van der Waals surface area (Å²) in [6.07, 6.45) is -3.36. The lowest BCUT2D eigenvalue weighted by Crippen LogP contribution is -2.57. The number of aryl methyl sites for hydroxylation is 1. The van der Waals surface area contributed by atoms with E-state index in [9.17, 15) is 21.6 Å². The molecule has 0 aliphatic carbocycles. The summed E-state index contributed by atoms with van der Waals surface area (Å²) in [7, 11) is -2.08. The molecule has 224 valence electrons. The second-order valence-corrected chi connectivity index (χ2v) is 14.0. The molecule has 2 saturated heterocycles. The molecule has 2 fully saturated rings. The molecule has 0 spiro atoms. The number of thiophene rings is 1. The van der Waals surface area contributed by atoms with Crippen molar-refractivity contribution in [3.8, 4) is 10.6 Å². The lowest BCUT2D eigenvalue weighted by molar-refractivity contribution is -0.137. The molecule has 15 heteroatoms. The van der Waals surface area contributed by atoms with Gasteiger partial charge in [-0.15, -0.1) is 11.3 Å². The van der Waals surface area contributed by atoms with Crippen molar-refractivity contribution in [2.75, 3.05) is 55.9 Å². The first kappa shape index (κ1) is 29.2. The van der Waals surface area contributed by atoms with Gasteiger partial charge in [0.25, 0.3) is 0 Å². The highest BCUT2D eigenvalue weighted by molar-refractivity contribution is 7.92. The Morgan fingerprint density at radius 3 is 2.81 bits per heavy atom. The molecule has 42 heavy (non-hydrogen) atoms. The minimum atomic E-state index is -4.76. The van der Waals surface area contributed by atoms with Gasteiger partial charge in [-0.05, 0) is 36.2 Å². The van der Waals surface area contributed by atoms with Crippen LogP contribution >= 0.6 is 23.6 Å². The van der Waals surface area contributed by atoms with E-state index in [-0.39, 0.29) is 50.0 Å². The van der Waals surface area contributed by atoms with Gasteiger partial charge >= 0.3 is 6.18 Å². The fourth-order valence-electron chi connectivity index (χ4n) is 5.55. The SMILES string of the molecule is CCc1cc(N2CCNC3COCC32)ccc1Nc1ncc(C(F)(F)F)c(-c2cc3c(s2)C(=S)N(C)CCS3(=O)=O)n1. The number of hydrogen-bond acceptors (Lipinski definition) is 10. The van der Waals surface area contributed by atoms with Crippen LogP contribution in [0.15, 0.2) is 35.4 Å². The molecule has 3 aliphatic rings. The summed E-state index contributed by atoms with van der Waals surface area (Å²) in [4.78, 5) is 12.7. The molecular formula is C27H29F3N6O3S3. The van der Waals surface area contributed by atoms with E-state index >= 15 is 0 Å². The molecule has 2 unspecified atom stereocenters. The van der Waals surface area contributed by atoms with E-state index in [0.29, 0.717) is 25.3 Å². The van der Waals surface area contributed by atoms with Crippen LogP contribution < -0.4 is 15.5 Å². The summed E-state index contributed by atoms with van der Waals surface area (Å²) in [5.74, 6) is -0.216. The van der Waals surface area contributed by atoms with Crippen LogP contribution in [-0.2, 0) is 27.2 Å². The van der Waals surface area contributed by atoms with Crippen molar-refractivity contribution in [3.63, 3.8) is 0 Å². The quantitative estimate of drug-likeness (QED) is 0.398. The Labute approximate surface area is 251 Å². The number of nitrogens with zero attached hydrogens (tertiary/aromatic N) is 4. The number of fused-ring (bicyclic) bond motifs is 2. The first-order chi connectivity index (χ1) is 20.0. The third-order valence-corrected chi connectivity index (χ3v) is 11.5. The highest BCUT2D eigenvalue weighted by Crippen LogP contribution is 2.42. The molecule has 6 rings (SSSR count). The minimum Gasteiger partial charge on any atom is -0.378 e. The molecule has 3 aliphatic heterocycles. The monoisotopic (exact) mass is 638 g/mol. The van der Waals surface area contributed by atoms with Crippen LogP contribution in [0.5, 0.6) is 0 Å². The highest BCUT2D eigenvalue weighted by atomic mass is 32.2. The van der Waals surface area contributed by atoms with E-state index in [1.54, 1.807) is 11.9 Å². The Kier molecular flexibility index (Phi) is 7.66. The number of piperazine rings is 1. The number of aromatic nitrogens is 2. The van der Waals surface area contributed by atoms with Crippen molar-refractivity contribution in [2.45, 2.75) is 36.5 Å². The molecule has 9 nitrogen and oxygen atoms in total. The van der Waals surface area contributed by atoms with Gasteiger partial charge in [0, 0.05) is 44.3 Å². The molecule has 1 aromatic carbocycles. The smallest absolute Gasteiger partial charge is 0.378 e. The van der Waals surface area contributed by atoms with Crippen molar-refractivity contribution in [1.82, 2.24) is 20.2 Å². The number of halogens is 3. The fourth-order valence-corrected chi connectivity index (χ4v) is 8.98. The van der Waals surface area contributed by atoms with E-state index in [4.69, 9.17) is 17.0 Å². The van der Waals surface area contributed by atoms with E-state index in [1.165, 1.54) is 6.07 Å². The standard InChI is InChI=1S/C27H29F3N6O3S3/c1-3-15-10-16(36-7-6-31-19-13-39-14-20(19)36)4-5-18(15)33-26-32-12-17(27(28,29)30)23(34-26)21-11-22-24(41-21)25(40)35(2)8-9-42(22,37)38/h4-5,10-12,19-20,31H,3,6-9,13-14H2,1-2H3,(H,32,33,34). The first-order valence-electron chi connectivity index (χ1n) is 13.5. The summed E-state index contributed by atoms with van der Waals surface area (Å²) in [6.45, 7) is 5.22. The third-order valence-electron chi connectivity index (χ3n) is 7.85. The summed E-state index contributed by atoms with van der Waals surface area (Å²) in [5, 5.41) is 6.60. The van der Waals surface area contributed by atoms with Gasteiger partial charge in [0.2, 0.25) is 5.95 Å². The lowest BCUT2D eigenvalue weighted by atomic mass is 10.0. The van der Waals surface area contributed by atoms with Crippen LogP contribution in [0.2, 0.25) is 0 Å². The van der Waals surface area contributed by atoms with Gasteiger partial charge in [0.15, 0.2) is 9.84 Å². The Hall–Kier alpha value is -2.85. The number of thiocarbonyl (C=S) groups is 1. The predicted octanol–water partition coefficient (Wildman–Crippen LogP) is 4.10. The second kappa shape index (κ2) is 11.0. The average Bonchev–Trinajstić information content (AvgIpc) is 3.62. The van der Waals surface area contributed by atoms with Crippen molar-refractivity contribution in [3.05, 3.63) is 46.5 Å². The number of ether oxygens (including phenoxy) is 1. The lowest BCUT2D eigenvalue weighted by Gasteiger charge is -2.39. The van der Waals surface area contributed by atoms with Crippen LogP contribution in [0.4, 0.5) is 30.5 Å². The maximum atomic E-state index is 14.1. The molecular weight excluding hydrogens is 610 g/mol. The van der Waals surface area contributed by atoms with Gasteiger partial charge in [-0.2, -0.15) is 13.2 Å². The minimum absolute atomic E-state index is 0.0296. The van der Waals surface area contributed by atoms with E-state index < -0.39 is 27.3 Å². The first-order valence-corrected chi connectivity index (χ1v) is 16.4. The number of nitrogens with one attached hydrogen (secondary N) is 2. The number of anilines is 3. The van der Waals surface area contributed by atoms with Gasteiger partial charge in [0.05, 0.1) is 51.4 Å². The van der Waals surface area contributed by atoms with Crippen molar-refractivity contribution in [2.24, 2.45) is 0 Å². The Bertz CT molecular complexity index is 1650. The summed E-state index contributed by atoms with van der Waals surface area (Å²) < 4.78 is 73.8. The van der Waals surface area contributed by atoms with Crippen LogP contribution in [-0.4, -0.2) is 86.0 Å². The zero-order valence-corrected chi connectivity index (χ0v) is 25.3. The molecule has 0 bridgehead atoms. The molecule has 2 atom stereocenters. The fraction of sp³-hybridized carbons (Fsp3) is 0.444. The average molecular weight is 639 g/mol. The molecule has 0 amide bonds.